The van der Waals surface area contributed by atoms with Crippen molar-refractivity contribution in [3.63, 3.8) is 0 Å². The fourth-order valence-corrected chi connectivity index (χ4v) is 2.50. The van der Waals surface area contributed by atoms with Gasteiger partial charge in [0.1, 0.15) is 11.5 Å². The molecule has 0 unspecified atom stereocenters. The lowest BCUT2D eigenvalue weighted by atomic mass is 10.2. The van der Waals surface area contributed by atoms with E-state index in [1.807, 2.05) is 12.1 Å². The average molecular weight is 321 g/mol. The van der Waals surface area contributed by atoms with Crippen LogP contribution >= 0.6 is 0 Å². The Bertz CT molecular complexity index is 1000. The second-order valence-corrected chi connectivity index (χ2v) is 5.26. The van der Waals surface area contributed by atoms with Crippen molar-refractivity contribution < 1.29 is 13.9 Å². The van der Waals surface area contributed by atoms with Gasteiger partial charge < -0.3 is 15.0 Å². The second-order valence-electron chi connectivity index (χ2n) is 5.26. The molecule has 6 heteroatoms. The number of aromatic nitrogens is 2. The molecule has 0 aliphatic carbocycles. The molecule has 1 aliphatic rings. The van der Waals surface area contributed by atoms with Crippen molar-refractivity contribution in [2.45, 2.75) is 0 Å². The maximum absolute atomic E-state index is 13.2. The van der Waals surface area contributed by atoms with Gasteiger partial charge in [0.05, 0.1) is 6.08 Å². The van der Waals surface area contributed by atoms with Crippen LogP contribution in [0.4, 0.5) is 10.1 Å². The van der Waals surface area contributed by atoms with Crippen LogP contribution < -0.4 is 5.32 Å². The number of nitrogens with one attached hydrogen (secondary N) is 2. The molecule has 118 valence electrons. The van der Waals surface area contributed by atoms with E-state index in [-0.39, 0.29) is 23.2 Å². The number of hydrogen-bond acceptors (Lipinski definition) is 4. The Hall–Kier alpha value is -3.41. The summed E-state index contributed by atoms with van der Waals surface area (Å²) in [6.45, 7) is 0. The van der Waals surface area contributed by atoms with Crippen LogP contribution in [0.2, 0.25) is 0 Å². The highest BCUT2D eigenvalue weighted by Crippen LogP contribution is 2.25. The normalized spacial score (nSPS) is 15.6. The van der Waals surface area contributed by atoms with Crippen molar-refractivity contribution in [2.24, 2.45) is 0 Å². The molecule has 0 spiro atoms. The minimum absolute atomic E-state index is 0.193. The number of hydrogen-bond donors (Lipinski definition) is 2. The van der Waals surface area contributed by atoms with Crippen LogP contribution in [-0.2, 0) is 9.53 Å². The average Bonchev–Trinajstić information content (AvgIpc) is 3.12. The molecule has 5 nitrogen and oxygen atoms in total. The zero-order valence-corrected chi connectivity index (χ0v) is 12.4. The van der Waals surface area contributed by atoms with Gasteiger partial charge in [-0.15, -0.1) is 0 Å². The number of anilines is 1. The first-order valence-corrected chi connectivity index (χ1v) is 7.29. The third-order valence-corrected chi connectivity index (χ3v) is 3.59. The number of carbonyl (C=O) groups excluding carboxylic acids is 1. The van der Waals surface area contributed by atoms with Crippen molar-refractivity contribution in [3.05, 3.63) is 77.9 Å². The summed E-state index contributed by atoms with van der Waals surface area (Å²) in [4.78, 5) is 19.3. The zero-order valence-electron chi connectivity index (χ0n) is 12.4. The molecule has 0 fully saturated rings. The topological polar surface area (TPSA) is 67.0 Å². The summed E-state index contributed by atoms with van der Waals surface area (Å²) in [6, 6.07) is 9.66. The summed E-state index contributed by atoms with van der Waals surface area (Å²) in [5, 5.41) is 3.77. The van der Waals surface area contributed by atoms with Crippen LogP contribution in [-0.4, -0.2) is 15.8 Å². The molecule has 24 heavy (non-hydrogen) atoms. The molecule has 0 saturated heterocycles. The quantitative estimate of drug-likeness (QED) is 0.723. The summed E-state index contributed by atoms with van der Waals surface area (Å²) in [5.74, 6) is -0.174. The van der Waals surface area contributed by atoms with E-state index in [1.54, 1.807) is 30.6 Å². The van der Waals surface area contributed by atoms with Gasteiger partial charge in [-0.1, -0.05) is 6.07 Å². The number of benzene rings is 1. The Balaban J connectivity index is 1.57. The maximum atomic E-state index is 13.2. The first-order valence-electron chi connectivity index (χ1n) is 7.29. The number of carbonyl (C=O) groups is 1. The lowest BCUT2D eigenvalue weighted by Crippen LogP contribution is -1.99. The minimum Gasteiger partial charge on any atom is -0.437 e. The molecular formula is C18H12FN3O2. The number of ketones is 1. The number of halogens is 1. The van der Waals surface area contributed by atoms with Gasteiger partial charge in [-0.2, -0.15) is 0 Å². The number of nitrogens with zero attached hydrogens (tertiary/aromatic N) is 1. The monoisotopic (exact) mass is 321 g/mol. The summed E-state index contributed by atoms with van der Waals surface area (Å²) in [5.41, 5.74) is 2.05. The number of fused-ring (bicyclic) bond motifs is 1. The van der Waals surface area contributed by atoms with Gasteiger partial charge in [-0.25, -0.2) is 9.37 Å². The van der Waals surface area contributed by atoms with Crippen LogP contribution in [0.15, 0.2) is 66.5 Å². The SMILES string of the molecule is O=C1C=C(Nc2cccc(F)c2)OC1=Cc1c[nH]c2ncccc12. The van der Waals surface area contributed by atoms with Gasteiger partial charge in [0.25, 0.3) is 0 Å². The Morgan fingerprint density at radius 3 is 3.04 bits per heavy atom. The predicted molar refractivity (Wildman–Crippen MR) is 88.3 cm³/mol. The maximum Gasteiger partial charge on any atom is 0.226 e. The molecule has 1 aromatic carbocycles. The van der Waals surface area contributed by atoms with Crippen LogP contribution in [0.3, 0.4) is 0 Å². The highest BCUT2D eigenvalue weighted by molar-refractivity contribution is 6.09. The standard InChI is InChI=1S/C18H12FN3O2/c19-12-3-1-4-13(8-12)22-17-9-15(23)16(24-17)7-11-10-21-18-14(11)5-2-6-20-18/h1-10,22H,(H,20,21). The molecule has 3 heterocycles. The Morgan fingerprint density at radius 2 is 2.17 bits per heavy atom. The van der Waals surface area contributed by atoms with Crippen LogP contribution in [0.5, 0.6) is 0 Å². The predicted octanol–water partition coefficient (Wildman–Crippen LogP) is 3.60. The highest BCUT2D eigenvalue weighted by atomic mass is 19.1. The Labute approximate surface area is 136 Å². The summed E-state index contributed by atoms with van der Waals surface area (Å²) < 4.78 is 18.8. The molecule has 3 aromatic rings. The Morgan fingerprint density at radius 1 is 1.25 bits per heavy atom. The zero-order chi connectivity index (χ0) is 16.5. The van der Waals surface area contributed by atoms with Gasteiger partial charge in [-0.05, 0) is 36.4 Å². The molecule has 2 aromatic heterocycles. The second kappa shape index (κ2) is 5.66. The molecule has 0 radical (unpaired) electrons. The third kappa shape index (κ3) is 2.65. The van der Waals surface area contributed by atoms with E-state index in [1.165, 1.54) is 18.2 Å². The summed E-state index contributed by atoms with van der Waals surface area (Å²) in [7, 11) is 0. The van der Waals surface area contributed by atoms with Gasteiger partial charge in [0, 0.05) is 29.0 Å². The summed E-state index contributed by atoms with van der Waals surface area (Å²) in [6.07, 6.45) is 6.44. The third-order valence-electron chi connectivity index (χ3n) is 3.59. The van der Waals surface area contributed by atoms with Gasteiger partial charge in [0.2, 0.25) is 11.7 Å². The van der Waals surface area contributed by atoms with Gasteiger partial charge in [-0.3, -0.25) is 4.79 Å². The molecule has 4 rings (SSSR count). The van der Waals surface area contributed by atoms with Crippen LogP contribution in [0.25, 0.3) is 17.1 Å². The van der Waals surface area contributed by atoms with E-state index >= 15 is 0 Å². The van der Waals surface area contributed by atoms with E-state index in [4.69, 9.17) is 4.74 Å². The number of ether oxygens (including phenoxy) is 1. The minimum atomic E-state index is -0.369. The molecular weight excluding hydrogens is 309 g/mol. The van der Waals surface area contributed by atoms with Crippen molar-refractivity contribution in [1.29, 1.82) is 0 Å². The molecule has 0 saturated carbocycles. The summed E-state index contributed by atoms with van der Waals surface area (Å²) >= 11 is 0. The molecule has 2 N–H and O–H groups in total. The van der Waals surface area contributed by atoms with Crippen molar-refractivity contribution >= 4 is 28.6 Å². The molecule has 1 aliphatic heterocycles. The van der Waals surface area contributed by atoms with Gasteiger partial charge >= 0.3 is 0 Å². The van der Waals surface area contributed by atoms with E-state index in [0.29, 0.717) is 5.69 Å². The van der Waals surface area contributed by atoms with E-state index < -0.39 is 0 Å². The van der Waals surface area contributed by atoms with Crippen molar-refractivity contribution in [1.82, 2.24) is 9.97 Å². The number of allylic oxidation sites excluding steroid dienone is 1. The van der Waals surface area contributed by atoms with Crippen molar-refractivity contribution in [3.8, 4) is 0 Å². The first-order chi connectivity index (χ1) is 11.7. The van der Waals surface area contributed by atoms with Crippen molar-refractivity contribution in [2.75, 3.05) is 5.32 Å². The fraction of sp³-hybridized carbons (Fsp3) is 0. The van der Waals surface area contributed by atoms with Gasteiger partial charge in [0.15, 0.2) is 5.76 Å². The van der Waals surface area contributed by atoms with Crippen LogP contribution in [0.1, 0.15) is 5.56 Å². The number of rotatable bonds is 3. The largest absolute Gasteiger partial charge is 0.437 e. The highest BCUT2D eigenvalue weighted by Gasteiger charge is 2.21. The lowest BCUT2D eigenvalue weighted by Gasteiger charge is -2.07. The molecule has 0 bridgehead atoms. The van der Waals surface area contributed by atoms with E-state index in [2.05, 4.69) is 15.3 Å². The number of H-pyrrole nitrogens is 1. The van der Waals surface area contributed by atoms with Crippen LogP contribution in [0, 0.1) is 5.82 Å². The number of pyridine rings is 1. The fourth-order valence-electron chi connectivity index (χ4n) is 2.50. The number of aromatic amines is 1. The smallest absolute Gasteiger partial charge is 0.226 e. The molecule has 0 atom stereocenters. The Kier molecular flexibility index (Phi) is 3.35. The van der Waals surface area contributed by atoms with E-state index in [0.717, 1.165) is 16.6 Å². The lowest BCUT2D eigenvalue weighted by molar-refractivity contribution is -0.112. The van der Waals surface area contributed by atoms with E-state index in [9.17, 15) is 9.18 Å². The first kappa shape index (κ1) is 14.2. The molecule has 0 amide bonds.